The number of thioether (sulfide) groups is 1. The Balaban J connectivity index is 1.52. The van der Waals surface area contributed by atoms with Crippen molar-refractivity contribution in [2.75, 3.05) is 24.3 Å². The summed E-state index contributed by atoms with van der Waals surface area (Å²) in [7, 11) is 0. The normalized spacial score (nSPS) is 12.8. The third-order valence-electron chi connectivity index (χ3n) is 3.29. The molecule has 126 valence electrons. The molecule has 0 bridgehead atoms. The van der Waals surface area contributed by atoms with Gasteiger partial charge < -0.3 is 14.8 Å². The molecule has 7 heteroatoms. The molecule has 0 aliphatic carbocycles. The van der Waals surface area contributed by atoms with Gasteiger partial charge in [-0.3, -0.25) is 4.79 Å². The van der Waals surface area contributed by atoms with Crippen molar-refractivity contribution >= 4 is 35.0 Å². The summed E-state index contributed by atoms with van der Waals surface area (Å²) in [5, 5.41) is 3.23. The number of amides is 1. The molecule has 0 saturated carbocycles. The molecule has 0 aromatic heterocycles. The highest BCUT2D eigenvalue weighted by molar-refractivity contribution is 7.99. The van der Waals surface area contributed by atoms with Crippen LogP contribution in [0, 0.1) is 5.82 Å². The zero-order valence-electron chi connectivity index (χ0n) is 12.7. The second-order valence-corrected chi connectivity index (χ2v) is 6.54. The molecule has 4 nitrogen and oxygen atoms in total. The van der Waals surface area contributed by atoms with E-state index in [0.717, 1.165) is 5.56 Å². The van der Waals surface area contributed by atoms with E-state index in [0.29, 0.717) is 41.2 Å². The highest BCUT2D eigenvalue weighted by Gasteiger charge is 2.16. The second-order valence-electron chi connectivity index (χ2n) is 5.15. The van der Waals surface area contributed by atoms with Gasteiger partial charge in [0.15, 0.2) is 11.5 Å². The lowest BCUT2D eigenvalue weighted by Crippen LogP contribution is -2.16. The number of carbonyl (C=O) groups excluding carboxylic acids is 1. The fourth-order valence-electron chi connectivity index (χ4n) is 2.24. The molecule has 0 spiro atoms. The molecule has 3 rings (SSSR count). The fraction of sp³-hybridized carbons (Fsp3) is 0.235. The first kappa shape index (κ1) is 16.9. The summed E-state index contributed by atoms with van der Waals surface area (Å²) in [6.07, 6.45) is 0. The molecule has 1 amide bonds. The van der Waals surface area contributed by atoms with Crippen LogP contribution in [0.25, 0.3) is 0 Å². The molecule has 1 aliphatic rings. The van der Waals surface area contributed by atoms with E-state index in [2.05, 4.69) is 5.32 Å². The maximum atomic E-state index is 12.8. The molecule has 24 heavy (non-hydrogen) atoms. The molecule has 2 aromatic rings. The van der Waals surface area contributed by atoms with E-state index in [1.54, 1.807) is 0 Å². The maximum Gasteiger partial charge on any atom is 0.234 e. The highest BCUT2D eigenvalue weighted by atomic mass is 35.5. The van der Waals surface area contributed by atoms with Crippen LogP contribution >= 0.6 is 23.4 Å². The molecule has 1 heterocycles. The molecule has 1 aliphatic heterocycles. The van der Waals surface area contributed by atoms with E-state index in [1.807, 2.05) is 12.1 Å². The van der Waals surface area contributed by atoms with Gasteiger partial charge >= 0.3 is 0 Å². The lowest BCUT2D eigenvalue weighted by Gasteiger charge is -2.20. The number of benzene rings is 2. The quantitative estimate of drug-likeness (QED) is 0.863. The van der Waals surface area contributed by atoms with E-state index >= 15 is 0 Å². The van der Waals surface area contributed by atoms with Crippen LogP contribution in [0.2, 0.25) is 5.02 Å². The summed E-state index contributed by atoms with van der Waals surface area (Å²) in [4.78, 5) is 11.9. The van der Waals surface area contributed by atoms with Crippen molar-refractivity contribution in [1.82, 2.24) is 0 Å². The Kier molecular flexibility index (Phi) is 5.48. The second kappa shape index (κ2) is 7.77. The predicted octanol–water partition coefficient (Wildman–Crippen LogP) is 4.12. The van der Waals surface area contributed by atoms with Crippen LogP contribution in [0.4, 0.5) is 10.1 Å². The van der Waals surface area contributed by atoms with E-state index in [1.165, 1.54) is 36.0 Å². The third kappa shape index (κ3) is 4.33. The van der Waals surface area contributed by atoms with E-state index in [4.69, 9.17) is 21.1 Å². The van der Waals surface area contributed by atoms with Crippen LogP contribution in [0.15, 0.2) is 36.4 Å². The van der Waals surface area contributed by atoms with E-state index < -0.39 is 0 Å². The van der Waals surface area contributed by atoms with Crippen molar-refractivity contribution in [1.29, 1.82) is 0 Å². The minimum Gasteiger partial charge on any atom is -0.486 e. The number of hydrogen-bond donors (Lipinski definition) is 1. The largest absolute Gasteiger partial charge is 0.486 e. The van der Waals surface area contributed by atoms with Crippen LogP contribution < -0.4 is 14.8 Å². The number of ether oxygens (including phenoxy) is 2. The van der Waals surface area contributed by atoms with Crippen molar-refractivity contribution in [2.24, 2.45) is 0 Å². The zero-order chi connectivity index (χ0) is 16.9. The van der Waals surface area contributed by atoms with Gasteiger partial charge in [0, 0.05) is 11.4 Å². The van der Waals surface area contributed by atoms with Gasteiger partial charge in [0.25, 0.3) is 0 Å². The van der Waals surface area contributed by atoms with Crippen LogP contribution in [0.1, 0.15) is 5.56 Å². The van der Waals surface area contributed by atoms with Crippen molar-refractivity contribution < 1.29 is 18.7 Å². The summed E-state index contributed by atoms with van der Waals surface area (Å²) in [5.41, 5.74) is 1.54. The number of halogens is 2. The minimum absolute atomic E-state index is 0.143. The van der Waals surface area contributed by atoms with Crippen molar-refractivity contribution in [3.8, 4) is 11.5 Å². The van der Waals surface area contributed by atoms with Gasteiger partial charge in [-0.25, -0.2) is 4.39 Å². The molecular formula is C17H15ClFNO3S. The lowest BCUT2D eigenvalue weighted by atomic mass is 10.2. The SMILES string of the molecule is O=C(CSCc1cc(Cl)c2c(c1)OCCO2)Nc1ccc(F)cc1. The predicted molar refractivity (Wildman–Crippen MR) is 93.6 cm³/mol. The van der Waals surface area contributed by atoms with Crippen LogP contribution in [0.5, 0.6) is 11.5 Å². The fourth-order valence-corrected chi connectivity index (χ4v) is 3.29. The van der Waals surface area contributed by atoms with Crippen molar-refractivity contribution in [3.63, 3.8) is 0 Å². The molecule has 0 fully saturated rings. The van der Waals surface area contributed by atoms with Crippen LogP contribution in [-0.4, -0.2) is 24.9 Å². The Morgan fingerprint density at radius 3 is 2.75 bits per heavy atom. The smallest absolute Gasteiger partial charge is 0.234 e. The van der Waals surface area contributed by atoms with Gasteiger partial charge in [-0.15, -0.1) is 11.8 Å². The summed E-state index contributed by atoms with van der Waals surface area (Å²) >= 11 is 7.64. The number of nitrogens with one attached hydrogen (secondary N) is 1. The highest BCUT2D eigenvalue weighted by Crippen LogP contribution is 2.39. The van der Waals surface area contributed by atoms with Gasteiger partial charge in [-0.2, -0.15) is 0 Å². The summed E-state index contributed by atoms with van der Waals surface area (Å²) in [6, 6.07) is 9.36. The van der Waals surface area contributed by atoms with E-state index in [-0.39, 0.29) is 17.5 Å². The Labute approximate surface area is 148 Å². The summed E-state index contributed by atoms with van der Waals surface area (Å²) in [5.74, 6) is 1.63. The number of fused-ring (bicyclic) bond motifs is 1. The van der Waals surface area contributed by atoms with Crippen molar-refractivity contribution in [2.45, 2.75) is 5.75 Å². The Hall–Kier alpha value is -1.92. The molecule has 1 N–H and O–H groups in total. The Morgan fingerprint density at radius 1 is 1.21 bits per heavy atom. The Morgan fingerprint density at radius 2 is 1.96 bits per heavy atom. The number of hydrogen-bond acceptors (Lipinski definition) is 4. The Bertz CT molecular complexity index is 739. The number of carbonyl (C=O) groups is 1. The summed E-state index contributed by atoms with van der Waals surface area (Å²) in [6.45, 7) is 0.990. The topological polar surface area (TPSA) is 47.6 Å². The minimum atomic E-state index is -0.335. The molecule has 0 unspecified atom stereocenters. The van der Waals surface area contributed by atoms with Gasteiger partial charge in [-0.1, -0.05) is 11.6 Å². The molecule has 0 saturated heterocycles. The lowest BCUT2D eigenvalue weighted by molar-refractivity contribution is -0.113. The molecular weight excluding hydrogens is 353 g/mol. The summed E-state index contributed by atoms with van der Waals surface area (Å²) < 4.78 is 23.8. The van der Waals surface area contributed by atoms with Crippen LogP contribution in [-0.2, 0) is 10.5 Å². The molecule has 0 atom stereocenters. The van der Waals surface area contributed by atoms with Gasteiger partial charge in [0.2, 0.25) is 5.91 Å². The number of rotatable bonds is 5. The zero-order valence-corrected chi connectivity index (χ0v) is 14.3. The van der Waals surface area contributed by atoms with Crippen LogP contribution in [0.3, 0.4) is 0 Å². The van der Waals surface area contributed by atoms with Gasteiger partial charge in [0.05, 0.1) is 10.8 Å². The first-order chi connectivity index (χ1) is 11.6. The van der Waals surface area contributed by atoms with Gasteiger partial charge in [-0.05, 0) is 42.0 Å². The third-order valence-corrected chi connectivity index (χ3v) is 4.57. The first-order valence-electron chi connectivity index (χ1n) is 7.33. The molecule has 0 radical (unpaired) electrons. The van der Waals surface area contributed by atoms with Crippen molar-refractivity contribution in [3.05, 3.63) is 52.8 Å². The van der Waals surface area contributed by atoms with E-state index in [9.17, 15) is 9.18 Å². The maximum absolute atomic E-state index is 12.8. The number of anilines is 1. The monoisotopic (exact) mass is 367 g/mol. The first-order valence-corrected chi connectivity index (χ1v) is 8.86. The average molecular weight is 368 g/mol. The van der Waals surface area contributed by atoms with Gasteiger partial charge in [0.1, 0.15) is 19.0 Å². The average Bonchev–Trinajstić information content (AvgIpc) is 2.57. The molecule has 2 aromatic carbocycles. The standard InChI is InChI=1S/C17H15ClFNO3S/c18-14-7-11(8-15-17(14)23-6-5-22-15)9-24-10-16(21)20-13-3-1-12(19)2-4-13/h1-4,7-8H,5-6,9-10H2,(H,20,21).